The van der Waals surface area contributed by atoms with Gasteiger partial charge in [0.25, 0.3) is 0 Å². The fourth-order valence-electron chi connectivity index (χ4n) is 1.67. The zero-order chi connectivity index (χ0) is 17.4. The number of benzene rings is 1. The van der Waals surface area contributed by atoms with Gasteiger partial charge < -0.3 is 10.6 Å². The van der Waals surface area contributed by atoms with Gasteiger partial charge in [0.1, 0.15) is 0 Å². The Labute approximate surface area is 147 Å². The summed E-state index contributed by atoms with van der Waals surface area (Å²) in [5, 5.41) is 22.4. The van der Waals surface area contributed by atoms with Crippen molar-refractivity contribution in [1.29, 1.82) is 5.26 Å². The number of hydrogen-bond donors (Lipinski definition) is 2. The first-order chi connectivity index (χ1) is 11.6. The van der Waals surface area contributed by atoms with Crippen molar-refractivity contribution in [3.05, 3.63) is 35.4 Å². The summed E-state index contributed by atoms with van der Waals surface area (Å²) in [5.74, 6) is 0.320. The molecule has 1 heterocycles. The number of aromatic nitrogens is 2. The lowest BCUT2D eigenvalue weighted by Gasteiger charge is -2.01. The highest BCUT2D eigenvalue weighted by Crippen LogP contribution is 2.28. The maximum absolute atomic E-state index is 11.7. The first-order valence-corrected chi connectivity index (χ1v) is 8.86. The highest BCUT2D eigenvalue weighted by molar-refractivity contribution is 8.00. The van der Waals surface area contributed by atoms with Crippen LogP contribution >= 0.6 is 23.1 Å². The number of anilines is 1. The van der Waals surface area contributed by atoms with Gasteiger partial charge in [0.15, 0.2) is 4.34 Å². The number of rotatable bonds is 7. The van der Waals surface area contributed by atoms with Gasteiger partial charge in [-0.2, -0.15) is 5.26 Å². The molecule has 2 aromatic rings. The van der Waals surface area contributed by atoms with E-state index in [1.54, 1.807) is 12.1 Å². The Morgan fingerprint density at radius 2 is 2.04 bits per heavy atom. The maximum Gasteiger partial charge on any atom is 0.227 e. The third kappa shape index (κ3) is 5.98. The smallest absolute Gasteiger partial charge is 0.227 e. The van der Waals surface area contributed by atoms with Crippen molar-refractivity contribution in [3.8, 4) is 6.07 Å². The van der Waals surface area contributed by atoms with Gasteiger partial charge in [-0.3, -0.25) is 9.59 Å². The number of nitrogens with zero attached hydrogens (tertiary/aromatic N) is 3. The van der Waals surface area contributed by atoms with E-state index in [0.29, 0.717) is 23.0 Å². The number of thioether (sulfide) groups is 1. The molecule has 0 unspecified atom stereocenters. The van der Waals surface area contributed by atoms with Gasteiger partial charge in [-0.05, 0) is 17.7 Å². The molecular formula is C15H15N5O2S2. The third-order valence-electron chi connectivity index (χ3n) is 2.82. The number of nitriles is 1. The van der Waals surface area contributed by atoms with E-state index in [1.165, 1.54) is 30.0 Å². The molecule has 0 aliphatic rings. The second kappa shape index (κ2) is 9.00. The van der Waals surface area contributed by atoms with E-state index in [4.69, 9.17) is 5.26 Å². The average molecular weight is 361 g/mol. The molecule has 9 heteroatoms. The minimum absolute atomic E-state index is 0.166. The molecule has 0 fully saturated rings. The number of carbonyl (C=O) groups excluding carboxylic acids is 2. The Hall–Kier alpha value is -2.44. The van der Waals surface area contributed by atoms with Crippen molar-refractivity contribution in [2.45, 2.75) is 23.4 Å². The second-order valence-corrected chi connectivity index (χ2v) is 6.95. The second-order valence-electron chi connectivity index (χ2n) is 4.75. The minimum Gasteiger partial charge on any atom is -0.356 e. The number of carbonyl (C=O) groups is 2. The first-order valence-electron chi connectivity index (χ1n) is 7.06. The maximum atomic E-state index is 11.7. The lowest BCUT2D eigenvalue weighted by molar-refractivity contribution is -0.119. The molecule has 0 saturated heterocycles. The van der Waals surface area contributed by atoms with E-state index < -0.39 is 0 Å². The highest BCUT2D eigenvalue weighted by atomic mass is 32.2. The Morgan fingerprint density at radius 1 is 1.29 bits per heavy atom. The molecular weight excluding hydrogens is 346 g/mol. The van der Waals surface area contributed by atoms with Crippen molar-refractivity contribution in [2.24, 2.45) is 0 Å². The minimum atomic E-state index is -0.219. The van der Waals surface area contributed by atoms with Crippen LogP contribution in [0.5, 0.6) is 0 Å². The van der Waals surface area contributed by atoms with Gasteiger partial charge in [-0.25, -0.2) is 0 Å². The predicted molar refractivity (Wildman–Crippen MR) is 92.6 cm³/mol. The van der Waals surface area contributed by atoms with Crippen molar-refractivity contribution in [3.63, 3.8) is 0 Å². The SMILES string of the molecule is CC(=O)NCCC(=O)Nc1nnc(SCc2ccc(C#N)cc2)s1. The van der Waals surface area contributed by atoms with Crippen molar-refractivity contribution >= 4 is 40.0 Å². The topological polar surface area (TPSA) is 108 Å². The van der Waals surface area contributed by atoms with Crippen LogP contribution in [0.15, 0.2) is 28.6 Å². The van der Waals surface area contributed by atoms with Crippen molar-refractivity contribution < 1.29 is 9.59 Å². The third-order valence-corrected chi connectivity index (χ3v) is 4.87. The average Bonchev–Trinajstić information content (AvgIpc) is 3.00. The molecule has 2 amide bonds. The van der Waals surface area contributed by atoms with Gasteiger partial charge in [-0.1, -0.05) is 35.2 Å². The summed E-state index contributed by atoms with van der Waals surface area (Å²) in [4.78, 5) is 22.4. The zero-order valence-corrected chi connectivity index (χ0v) is 14.5. The molecule has 7 nitrogen and oxygen atoms in total. The van der Waals surface area contributed by atoms with Crippen LogP contribution in [0.2, 0.25) is 0 Å². The van der Waals surface area contributed by atoms with Crippen molar-refractivity contribution in [2.75, 3.05) is 11.9 Å². The predicted octanol–water partition coefficient (Wildman–Crippen LogP) is 2.17. The fourth-order valence-corrected chi connectivity index (χ4v) is 3.40. The fraction of sp³-hybridized carbons (Fsp3) is 0.267. The van der Waals surface area contributed by atoms with E-state index in [1.807, 2.05) is 12.1 Å². The van der Waals surface area contributed by atoms with Gasteiger partial charge in [0.2, 0.25) is 16.9 Å². The van der Waals surface area contributed by atoms with Crippen LogP contribution in [0.1, 0.15) is 24.5 Å². The summed E-state index contributed by atoms with van der Waals surface area (Å²) in [6.07, 6.45) is 0.187. The lowest BCUT2D eigenvalue weighted by atomic mass is 10.2. The largest absolute Gasteiger partial charge is 0.356 e. The molecule has 124 valence electrons. The summed E-state index contributed by atoms with van der Waals surface area (Å²) in [5.41, 5.74) is 1.71. The van der Waals surface area contributed by atoms with Gasteiger partial charge in [-0.15, -0.1) is 10.2 Å². The molecule has 0 spiro atoms. The van der Waals surface area contributed by atoms with E-state index in [9.17, 15) is 9.59 Å². The molecule has 1 aromatic carbocycles. The van der Waals surface area contributed by atoms with Crippen molar-refractivity contribution in [1.82, 2.24) is 15.5 Å². The summed E-state index contributed by atoms with van der Waals surface area (Å²) in [6, 6.07) is 9.43. The normalized spacial score (nSPS) is 10.0. The Bertz CT molecular complexity index is 752. The molecule has 1 aromatic heterocycles. The van der Waals surface area contributed by atoms with Gasteiger partial charge in [0.05, 0.1) is 11.6 Å². The van der Waals surface area contributed by atoms with Crippen LogP contribution in [0.4, 0.5) is 5.13 Å². The van der Waals surface area contributed by atoms with E-state index in [2.05, 4.69) is 26.9 Å². The quantitative estimate of drug-likeness (QED) is 0.578. The highest BCUT2D eigenvalue weighted by Gasteiger charge is 2.09. The van der Waals surface area contributed by atoms with Crippen LogP contribution in [0.25, 0.3) is 0 Å². The zero-order valence-electron chi connectivity index (χ0n) is 12.9. The van der Waals surface area contributed by atoms with E-state index in [-0.39, 0.29) is 18.2 Å². The number of hydrogen-bond acceptors (Lipinski definition) is 7. The molecule has 0 radical (unpaired) electrons. The lowest BCUT2D eigenvalue weighted by Crippen LogP contribution is -2.25. The number of amides is 2. The van der Waals surface area contributed by atoms with Gasteiger partial charge >= 0.3 is 0 Å². The molecule has 0 aliphatic heterocycles. The molecule has 2 N–H and O–H groups in total. The molecule has 24 heavy (non-hydrogen) atoms. The molecule has 0 saturated carbocycles. The molecule has 0 atom stereocenters. The van der Waals surface area contributed by atoms with Crippen LogP contribution in [-0.2, 0) is 15.3 Å². The van der Waals surface area contributed by atoms with Gasteiger partial charge in [0, 0.05) is 25.6 Å². The van der Waals surface area contributed by atoms with Crippen LogP contribution in [0, 0.1) is 11.3 Å². The summed E-state index contributed by atoms with van der Waals surface area (Å²) >= 11 is 2.81. The first kappa shape index (κ1) is 17.9. The van der Waals surface area contributed by atoms with Crippen LogP contribution in [-0.4, -0.2) is 28.6 Å². The summed E-state index contributed by atoms with van der Waals surface area (Å²) in [7, 11) is 0. The standard InChI is InChI=1S/C15H15N5O2S2/c1-10(21)17-7-6-13(22)18-14-19-20-15(24-14)23-9-12-4-2-11(8-16)3-5-12/h2-5H,6-7,9H2,1H3,(H,17,21)(H,18,19,22). The van der Waals surface area contributed by atoms with E-state index in [0.717, 1.165) is 9.90 Å². The Morgan fingerprint density at radius 3 is 2.71 bits per heavy atom. The van der Waals surface area contributed by atoms with Crippen LogP contribution in [0.3, 0.4) is 0 Å². The molecule has 0 bridgehead atoms. The number of nitrogens with one attached hydrogen (secondary N) is 2. The summed E-state index contributed by atoms with van der Waals surface area (Å²) in [6.45, 7) is 1.69. The Balaban J connectivity index is 1.79. The molecule has 2 rings (SSSR count). The van der Waals surface area contributed by atoms with E-state index >= 15 is 0 Å². The Kier molecular flexibility index (Phi) is 6.72. The summed E-state index contributed by atoms with van der Waals surface area (Å²) < 4.78 is 0.747. The molecule has 0 aliphatic carbocycles. The van der Waals surface area contributed by atoms with Crippen LogP contribution < -0.4 is 10.6 Å². The monoisotopic (exact) mass is 361 g/mol.